The summed E-state index contributed by atoms with van der Waals surface area (Å²) in [5.41, 5.74) is 1.80. The molecular weight excluding hydrogens is 366 g/mol. The summed E-state index contributed by atoms with van der Waals surface area (Å²) in [4.78, 5) is 20.8. The Balaban J connectivity index is 1.38. The summed E-state index contributed by atoms with van der Waals surface area (Å²) < 4.78 is 33.3. The van der Waals surface area contributed by atoms with Crippen LogP contribution in [0, 0.1) is 0 Å². The lowest BCUT2D eigenvalue weighted by atomic mass is 9.62. The maximum absolute atomic E-state index is 12.8. The maximum Gasteiger partial charge on any atom is 0.280 e. The van der Waals surface area contributed by atoms with Gasteiger partial charge in [-0.25, -0.2) is 18.7 Å². The summed E-state index contributed by atoms with van der Waals surface area (Å²) in [6.07, 6.45) is 2.94. The van der Waals surface area contributed by atoms with Crippen LogP contribution >= 0.6 is 0 Å². The molecule has 8 heteroatoms. The molecule has 0 radical (unpaired) electrons. The fraction of sp³-hybridized carbons (Fsp3) is 0.350. The minimum absolute atomic E-state index is 0.0101. The highest BCUT2D eigenvalue weighted by Gasteiger charge is 2.61. The molecule has 1 saturated carbocycles. The Bertz CT molecular complexity index is 1090. The van der Waals surface area contributed by atoms with Gasteiger partial charge in [-0.15, -0.1) is 0 Å². The Morgan fingerprint density at radius 2 is 2.04 bits per heavy atom. The molecule has 2 saturated heterocycles. The molecule has 0 spiro atoms. The van der Waals surface area contributed by atoms with Crippen molar-refractivity contribution < 1.29 is 18.3 Å². The van der Waals surface area contributed by atoms with E-state index in [9.17, 15) is 13.6 Å². The van der Waals surface area contributed by atoms with E-state index in [1.54, 1.807) is 12.3 Å². The first-order valence-electron chi connectivity index (χ1n) is 9.06. The number of ether oxygens (including phenoxy) is 1. The van der Waals surface area contributed by atoms with E-state index in [1.807, 2.05) is 16.7 Å². The van der Waals surface area contributed by atoms with Crippen molar-refractivity contribution in [3.05, 3.63) is 59.8 Å². The quantitative estimate of drug-likeness (QED) is 0.744. The Morgan fingerprint density at radius 1 is 1.21 bits per heavy atom. The van der Waals surface area contributed by atoms with Crippen LogP contribution in [0.15, 0.2) is 42.7 Å². The lowest BCUT2D eigenvalue weighted by Crippen LogP contribution is -2.45. The van der Waals surface area contributed by atoms with E-state index in [1.165, 1.54) is 18.2 Å². The zero-order valence-electron chi connectivity index (χ0n) is 15.2. The van der Waals surface area contributed by atoms with Crippen molar-refractivity contribution in [3.63, 3.8) is 0 Å². The Morgan fingerprint density at radius 3 is 2.75 bits per heavy atom. The third kappa shape index (κ3) is 2.67. The first kappa shape index (κ1) is 17.2. The molecule has 1 N–H and O–H groups in total. The topological polar surface area (TPSA) is 68.5 Å². The molecular formula is C20H18F2N4O2. The third-order valence-electron chi connectivity index (χ3n) is 5.60. The molecule has 2 bridgehead atoms. The second-order valence-corrected chi connectivity index (χ2v) is 7.88. The van der Waals surface area contributed by atoms with Gasteiger partial charge >= 0.3 is 0 Å². The summed E-state index contributed by atoms with van der Waals surface area (Å²) in [5.74, 6) is -0.542. The summed E-state index contributed by atoms with van der Waals surface area (Å²) in [6, 6.07) is 7.53. The molecule has 0 aromatic carbocycles. The molecule has 3 aromatic heterocycles. The second kappa shape index (κ2) is 5.81. The first-order chi connectivity index (χ1) is 13.4. The SMILES string of the molecule is CC12CC(c3cn4cc(NC(=O)c5cccc(C(F)F)n5)ccc4n3)(CO1)C2. The van der Waals surface area contributed by atoms with E-state index in [2.05, 4.69) is 17.2 Å². The molecule has 1 amide bonds. The number of alkyl halides is 2. The number of halogens is 2. The van der Waals surface area contributed by atoms with Crippen LogP contribution in [-0.4, -0.2) is 32.5 Å². The molecule has 28 heavy (non-hydrogen) atoms. The molecule has 2 aliphatic heterocycles. The van der Waals surface area contributed by atoms with Crippen LogP contribution in [-0.2, 0) is 10.2 Å². The van der Waals surface area contributed by atoms with Gasteiger partial charge in [0.2, 0.25) is 0 Å². The Labute approximate surface area is 159 Å². The number of hydrogen-bond acceptors (Lipinski definition) is 4. The highest BCUT2D eigenvalue weighted by molar-refractivity contribution is 6.02. The number of hydrogen-bond donors (Lipinski definition) is 1. The highest BCUT2D eigenvalue weighted by Crippen LogP contribution is 2.58. The predicted octanol–water partition coefficient (Wildman–Crippen LogP) is 3.74. The standard InChI is InChI=1S/C20H18F2N4O2/c1-19-9-20(10-19,11-28-19)15-8-26-7-12(5-6-16(26)25-15)23-18(27)14-4-2-3-13(24-14)17(21)22/h2-8,17H,9-11H2,1H3,(H,23,27). The minimum Gasteiger partial charge on any atom is -0.374 e. The van der Waals surface area contributed by atoms with Crippen LogP contribution < -0.4 is 5.32 Å². The van der Waals surface area contributed by atoms with Crippen molar-refractivity contribution >= 4 is 17.2 Å². The third-order valence-corrected chi connectivity index (χ3v) is 5.60. The van der Waals surface area contributed by atoms with Crippen LogP contribution in [0.25, 0.3) is 5.65 Å². The fourth-order valence-corrected chi connectivity index (χ4v) is 4.37. The highest BCUT2D eigenvalue weighted by atomic mass is 19.3. The number of fused-ring (bicyclic) bond motifs is 2. The number of imidazole rings is 1. The lowest BCUT2D eigenvalue weighted by molar-refractivity contribution is 0.0154. The summed E-state index contributed by atoms with van der Waals surface area (Å²) in [7, 11) is 0. The first-order valence-corrected chi connectivity index (χ1v) is 9.06. The number of carbonyl (C=O) groups is 1. The molecule has 3 aliphatic rings. The van der Waals surface area contributed by atoms with Gasteiger partial charge in [0.15, 0.2) is 0 Å². The van der Waals surface area contributed by atoms with E-state index < -0.39 is 18.0 Å². The molecule has 6 nitrogen and oxygen atoms in total. The van der Waals surface area contributed by atoms with Crippen molar-refractivity contribution in [2.45, 2.75) is 37.2 Å². The van der Waals surface area contributed by atoms with E-state index in [0.717, 1.165) is 24.2 Å². The molecule has 6 rings (SSSR count). The van der Waals surface area contributed by atoms with Crippen LogP contribution in [0.3, 0.4) is 0 Å². The van der Waals surface area contributed by atoms with Gasteiger partial charge in [0, 0.05) is 17.8 Å². The predicted molar refractivity (Wildman–Crippen MR) is 97.6 cm³/mol. The van der Waals surface area contributed by atoms with Crippen LogP contribution in [0.2, 0.25) is 0 Å². The minimum atomic E-state index is -2.72. The number of rotatable bonds is 4. The maximum atomic E-state index is 12.8. The molecule has 5 heterocycles. The van der Waals surface area contributed by atoms with Gasteiger partial charge in [0.1, 0.15) is 17.0 Å². The van der Waals surface area contributed by atoms with Gasteiger partial charge in [-0.1, -0.05) is 6.07 Å². The number of nitrogens with zero attached hydrogens (tertiary/aromatic N) is 3. The summed E-state index contributed by atoms with van der Waals surface area (Å²) in [5, 5.41) is 2.70. The van der Waals surface area contributed by atoms with Crippen LogP contribution in [0.1, 0.15) is 48.1 Å². The zero-order chi connectivity index (χ0) is 19.5. The number of amides is 1. The van der Waals surface area contributed by atoms with Crippen molar-refractivity contribution in [2.24, 2.45) is 0 Å². The number of aromatic nitrogens is 3. The van der Waals surface area contributed by atoms with E-state index in [0.29, 0.717) is 12.3 Å². The van der Waals surface area contributed by atoms with E-state index in [4.69, 9.17) is 9.72 Å². The zero-order valence-corrected chi connectivity index (χ0v) is 15.2. The molecule has 3 aromatic rings. The molecule has 0 atom stereocenters. The average molecular weight is 384 g/mol. The van der Waals surface area contributed by atoms with Gasteiger partial charge in [0.05, 0.1) is 23.6 Å². The molecule has 0 unspecified atom stereocenters. The number of nitrogens with one attached hydrogen (secondary N) is 1. The smallest absolute Gasteiger partial charge is 0.280 e. The van der Waals surface area contributed by atoms with Gasteiger partial charge < -0.3 is 14.5 Å². The average Bonchev–Trinajstić information content (AvgIpc) is 3.32. The van der Waals surface area contributed by atoms with Crippen molar-refractivity contribution in [2.75, 3.05) is 11.9 Å². The monoisotopic (exact) mass is 384 g/mol. The van der Waals surface area contributed by atoms with Gasteiger partial charge in [0.25, 0.3) is 12.3 Å². The van der Waals surface area contributed by atoms with Gasteiger partial charge in [-0.2, -0.15) is 0 Å². The summed E-state index contributed by atoms with van der Waals surface area (Å²) >= 11 is 0. The molecule has 144 valence electrons. The summed E-state index contributed by atoms with van der Waals surface area (Å²) in [6.45, 7) is 2.81. The lowest BCUT2D eigenvalue weighted by Gasteiger charge is -2.41. The number of anilines is 1. The molecule has 1 aliphatic carbocycles. The van der Waals surface area contributed by atoms with Crippen molar-refractivity contribution in [1.82, 2.24) is 14.4 Å². The second-order valence-electron chi connectivity index (χ2n) is 7.88. The Hall–Kier alpha value is -2.87. The number of pyridine rings is 2. The molecule has 3 fully saturated rings. The van der Waals surface area contributed by atoms with E-state index >= 15 is 0 Å². The number of carbonyl (C=O) groups excluding carboxylic acids is 1. The van der Waals surface area contributed by atoms with Crippen molar-refractivity contribution in [3.8, 4) is 0 Å². The van der Waals surface area contributed by atoms with Crippen LogP contribution in [0.5, 0.6) is 0 Å². The fourth-order valence-electron chi connectivity index (χ4n) is 4.37. The van der Waals surface area contributed by atoms with Gasteiger partial charge in [-0.05, 0) is 44.0 Å². The normalized spacial score (nSPS) is 25.9. The largest absolute Gasteiger partial charge is 0.374 e. The van der Waals surface area contributed by atoms with Crippen LogP contribution in [0.4, 0.5) is 14.5 Å². The van der Waals surface area contributed by atoms with Crippen molar-refractivity contribution in [1.29, 1.82) is 0 Å². The van der Waals surface area contributed by atoms with Gasteiger partial charge in [-0.3, -0.25) is 4.79 Å². The Kier molecular flexibility index (Phi) is 3.58. The van der Waals surface area contributed by atoms with E-state index in [-0.39, 0.29) is 16.7 Å².